The maximum absolute atomic E-state index is 14.7. The lowest BCUT2D eigenvalue weighted by molar-refractivity contribution is -0.138. The molecule has 2 heterocycles. The summed E-state index contributed by atoms with van der Waals surface area (Å²) in [5.74, 6) is -0.941. The Bertz CT molecular complexity index is 2220. The number of hydrogen-bond acceptors (Lipinski definition) is 8. The fourth-order valence-electron chi connectivity index (χ4n) is 9.73. The predicted octanol–water partition coefficient (Wildman–Crippen LogP) is 5.98. The van der Waals surface area contributed by atoms with E-state index < -0.39 is 24.2 Å². The topological polar surface area (TPSA) is 163 Å². The zero-order valence-corrected chi connectivity index (χ0v) is 42.3. The predicted molar refractivity (Wildman–Crippen MR) is 276 cm³/mol. The van der Waals surface area contributed by atoms with Crippen molar-refractivity contribution in [3.8, 4) is 0 Å². The Morgan fingerprint density at radius 1 is 0.571 bits per heavy atom. The van der Waals surface area contributed by atoms with Gasteiger partial charge in [0.05, 0.1) is 12.1 Å². The molecule has 6 atom stereocenters. The van der Waals surface area contributed by atoms with Crippen LogP contribution in [-0.2, 0) is 32.0 Å². The Kier molecular flexibility index (Phi) is 19.9. The summed E-state index contributed by atoms with van der Waals surface area (Å²) in [6, 6.07) is 28.7. The SMILES string of the molecule is CCC[C@H](NC(=O)[C@H](C)NC)C(=O)N1CCC[C@H]1CN(CCc1ccccc1)C(=O)c1ccc2cc(C(=O)N(CCc3ccccc3)C[C@@H]3CCCN3C(=O)[C@H](CCC)NC(=O)[C@H](C)NC)ccc2c1. The van der Waals surface area contributed by atoms with Crippen LogP contribution in [0.3, 0.4) is 0 Å². The van der Waals surface area contributed by atoms with Crippen molar-refractivity contribution in [2.75, 3.05) is 53.4 Å². The number of nitrogens with one attached hydrogen (secondary N) is 4. The first-order valence-electron chi connectivity index (χ1n) is 25.6. The lowest BCUT2D eigenvalue weighted by atomic mass is 10.0. The standard InChI is InChI=1S/C56H76N8O6/c1-7-17-49(59-51(65)39(3)57-5)55(69)63-31-15-23-47(63)37-61(33-29-41-19-11-9-12-20-41)53(67)45-27-25-44-36-46(28-26-43(44)35-45)54(68)62(34-30-42-21-13-10-14-22-42)38-48-24-16-32-64(48)56(70)50(18-8-2)60-52(66)40(4)58-6/h9-14,19-22,25-28,35-36,39-40,47-50,57-58H,7-8,15-18,23-24,29-34,37-38H2,1-6H3,(H,59,65)(H,60,66)/t39-,40-,47-,48-,49-,50-/m0/s1. The Hall–Kier alpha value is -6.12. The number of carbonyl (C=O) groups is 6. The van der Waals surface area contributed by atoms with E-state index in [4.69, 9.17) is 0 Å². The fraction of sp³-hybridized carbons (Fsp3) is 0.500. The number of amides is 6. The van der Waals surface area contributed by atoms with Gasteiger partial charge in [-0.1, -0.05) is 99.5 Å². The molecule has 6 amide bonds. The monoisotopic (exact) mass is 957 g/mol. The van der Waals surface area contributed by atoms with Gasteiger partial charge in [-0.3, -0.25) is 28.8 Å². The van der Waals surface area contributed by atoms with E-state index in [0.29, 0.717) is 76.1 Å². The zero-order chi connectivity index (χ0) is 50.2. The molecule has 0 aromatic heterocycles. The van der Waals surface area contributed by atoms with E-state index in [1.165, 1.54) is 0 Å². The van der Waals surface area contributed by atoms with E-state index in [-0.39, 0.29) is 47.5 Å². The molecule has 2 aliphatic rings. The molecule has 2 fully saturated rings. The molecular formula is C56H76N8O6. The van der Waals surface area contributed by atoms with E-state index in [1.807, 2.05) is 106 Å². The summed E-state index contributed by atoms with van der Waals surface area (Å²) >= 11 is 0. The smallest absolute Gasteiger partial charge is 0.253 e. The highest BCUT2D eigenvalue weighted by Crippen LogP contribution is 2.26. The summed E-state index contributed by atoms with van der Waals surface area (Å²) in [7, 11) is 3.43. The normalized spacial score (nSPS) is 17.4. The van der Waals surface area contributed by atoms with Crippen LogP contribution in [0.4, 0.5) is 0 Å². The Balaban J connectivity index is 1.22. The van der Waals surface area contributed by atoms with Gasteiger partial charge in [0.2, 0.25) is 23.6 Å². The molecule has 4 N–H and O–H groups in total. The molecular weight excluding hydrogens is 881 g/mol. The summed E-state index contributed by atoms with van der Waals surface area (Å²) in [5.41, 5.74) is 3.24. The summed E-state index contributed by atoms with van der Waals surface area (Å²) in [6.07, 6.45) is 6.91. The Morgan fingerprint density at radius 2 is 0.957 bits per heavy atom. The molecule has 2 saturated heterocycles. The molecule has 2 aliphatic heterocycles. The number of carbonyl (C=O) groups excluding carboxylic acids is 6. The van der Waals surface area contributed by atoms with Crippen LogP contribution in [0, 0.1) is 0 Å². The molecule has 0 spiro atoms. The zero-order valence-electron chi connectivity index (χ0n) is 42.3. The second kappa shape index (κ2) is 26.2. The molecule has 4 aromatic rings. The van der Waals surface area contributed by atoms with Crippen molar-refractivity contribution in [1.82, 2.24) is 40.9 Å². The molecule has 0 unspecified atom stereocenters. The first-order chi connectivity index (χ1) is 33.8. The molecule has 0 saturated carbocycles. The van der Waals surface area contributed by atoms with Crippen molar-refractivity contribution in [2.45, 2.75) is 128 Å². The van der Waals surface area contributed by atoms with Crippen LogP contribution >= 0.6 is 0 Å². The summed E-state index contributed by atoms with van der Waals surface area (Å²) in [6.45, 7) is 10.3. The maximum Gasteiger partial charge on any atom is 0.253 e. The first-order valence-corrected chi connectivity index (χ1v) is 25.6. The Morgan fingerprint density at radius 3 is 1.31 bits per heavy atom. The van der Waals surface area contributed by atoms with Gasteiger partial charge in [-0.15, -0.1) is 0 Å². The number of likely N-dealkylation sites (N-methyl/N-ethyl adjacent to an activating group) is 2. The third kappa shape index (κ3) is 14.0. The molecule has 4 aromatic carbocycles. The highest BCUT2D eigenvalue weighted by molar-refractivity contribution is 6.02. The summed E-state index contributed by atoms with van der Waals surface area (Å²) in [5, 5.41) is 13.5. The number of nitrogens with zero attached hydrogens (tertiary/aromatic N) is 4. The second-order valence-corrected chi connectivity index (χ2v) is 19.1. The molecule has 6 rings (SSSR count). The van der Waals surface area contributed by atoms with Crippen LogP contribution in [0.2, 0.25) is 0 Å². The number of fused-ring (bicyclic) bond motifs is 1. The van der Waals surface area contributed by atoms with Gasteiger partial charge in [0.25, 0.3) is 11.8 Å². The third-order valence-corrected chi connectivity index (χ3v) is 14.2. The number of rotatable bonds is 24. The van der Waals surface area contributed by atoms with Gasteiger partial charge in [-0.25, -0.2) is 0 Å². The van der Waals surface area contributed by atoms with Crippen LogP contribution < -0.4 is 21.3 Å². The minimum Gasteiger partial charge on any atom is -0.343 e. The van der Waals surface area contributed by atoms with Crippen LogP contribution in [0.1, 0.15) is 111 Å². The molecule has 14 heteroatoms. The summed E-state index contributed by atoms with van der Waals surface area (Å²) in [4.78, 5) is 90.8. The highest BCUT2D eigenvalue weighted by atomic mass is 16.2. The van der Waals surface area contributed by atoms with Gasteiger partial charge in [0.15, 0.2) is 0 Å². The van der Waals surface area contributed by atoms with E-state index >= 15 is 0 Å². The van der Waals surface area contributed by atoms with E-state index in [0.717, 1.165) is 60.4 Å². The van der Waals surface area contributed by atoms with Crippen molar-refractivity contribution in [2.24, 2.45) is 0 Å². The number of hydrogen-bond donors (Lipinski definition) is 4. The molecule has 376 valence electrons. The van der Waals surface area contributed by atoms with Gasteiger partial charge in [-0.2, -0.15) is 0 Å². The van der Waals surface area contributed by atoms with Gasteiger partial charge in [0.1, 0.15) is 12.1 Å². The third-order valence-electron chi connectivity index (χ3n) is 14.2. The second-order valence-electron chi connectivity index (χ2n) is 19.1. The molecule has 70 heavy (non-hydrogen) atoms. The average Bonchev–Trinajstić information content (AvgIpc) is 4.07. The maximum atomic E-state index is 14.7. The quantitative estimate of drug-likeness (QED) is 0.0668. The van der Waals surface area contributed by atoms with Crippen LogP contribution in [0.5, 0.6) is 0 Å². The van der Waals surface area contributed by atoms with Crippen molar-refractivity contribution < 1.29 is 28.8 Å². The minimum absolute atomic E-state index is 0.110. The lowest BCUT2D eigenvalue weighted by Crippen LogP contribution is -2.55. The van der Waals surface area contributed by atoms with Crippen molar-refractivity contribution in [3.05, 3.63) is 119 Å². The average molecular weight is 957 g/mol. The lowest BCUT2D eigenvalue weighted by Gasteiger charge is -2.34. The molecule has 14 nitrogen and oxygen atoms in total. The van der Waals surface area contributed by atoms with Gasteiger partial charge >= 0.3 is 0 Å². The number of benzene rings is 4. The van der Waals surface area contributed by atoms with E-state index in [1.54, 1.807) is 27.9 Å². The summed E-state index contributed by atoms with van der Waals surface area (Å²) < 4.78 is 0. The van der Waals surface area contributed by atoms with Crippen LogP contribution in [-0.4, -0.2) is 145 Å². The van der Waals surface area contributed by atoms with Crippen LogP contribution in [0.15, 0.2) is 97.1 Å². The molecule has 0 radical (unpaired) electrons. The highest BCUT2D eigenvalue weighted by Gasteiger charge is 2.37. The fourth-order valence-corrected chi connectivity index (χ4v) is 9.73. The first kappa shape index (κ1) is 53.2. The van der Waals surface area contributed by atoms with E-state index in [2.05, 4.69) is 45.5 Å². The van der Waals surface area contributed by atoms with Crippen molar-refractivity contribution >= 4 is 46.2 Å². The molecule has 0 bridgehead atoms. The Labute approximate surface area is 415 Å². The minimum atomic E-state index is -0.645. The largest absolute Gasteiger partial charge is 0.343 e. The van der Waals surface area contributed by atoms with Crippen LogP contribution in [0.25, 0.3) is 10.8 Å². The van der Waals surface area contributed by atoms with Gasteiger partial charge in [0, 0.05) is 62.5 Å². The van der Waals surface area contributed by atoms with Gasteiger partial charge < -0.3 is 40.9 Å². The van der Waals surface area contributed by atoms with E-state index in [9.17, 15) is 28.8 Å². The van der Waals surface area contributed by atoms with Crippen molar-refractivity contribution in [3.63, 3.8) is 0 Å². The van der Waals surface area contributed by atoms with Crippen molar-refractivity contribution in [1.29, 1.82) is 0 Å². The van der Waals surface area contributed by atoms with Gasteiger partial charge in [-0.05, 0) is 125 Å². The number of likely N-dealkylation sites (tertiary alicyclic amines) is 2. The molecule has 0 aliphatic carbocycles.